The Balaban J connectivity index is 2.05. The van der Waals surface area contributed by atoms with Gasteiger partial charge in [0.25, 0.3) is 0 Å². The Hall–Kier alpha value is -1.67. The summed E-state index contributed by atoms with van der Waals surface area (Å²) in [4.78, 5) is 0. The maximum absolute atomic E-state index is 14.0. The second-order valence-electron chi connectivity index (χ2n) is 5.88. The molecule has 1 aromatic rings. The third kappa shape index (κ3) is 3.92. The first-order chi connectivity index (χ1) is 9.99. The van der Waals surface area contributed by atoms with Gasteiger partial charge < -0.3 is 10.5 Å². The summed E-state index contributed by atoms with van der Waals surface area (Å²) in [5.74, 6) is -1.77. The van der Waals surface area contributed by atoms with Crippen molar-refractivity contribution in [3.63, 3.8) is 0 Å². The summed E-state index contributed by atoms with van der Waals surface area (Å²) in [5, 5.41) is 8.73. The van der Waals surface area contributed by atoms with Crippen LogP contribution in [-0.2, 0) is 6.42 Å². The molecule has 1 fully saturated rings. The molecule has 0 aromatic heterocycles. The van der Waals surface area contributed by atoms with Crippen molar-refractivity contribution in [1.29, 1.82) is 5.26 Å². The van der Waals surface area contributed by atoms with E-state index >= 15 is 0 Å². The molecule has 1 aliphatic rings. The van der Waals surface area contributed by atoms with Crippen LogP contribution in [0.25, 0.3) is 0 Å². The van der Waals surface area contributed by atoms with E-state index in [1.165, 1.54) is 12.1 Å². The van der Waals surface area contributed by atoms with Gasteiger partial charge in [-0.05, 0) is 43.4 Å². The summed E-state index contributed by atoms with van der Waals surface area (Å²) in [6, 6.07) is 4.53. The number of rotatable bonds is 7. The van der Waals surface area contributed by atoms with Crippen LogP contribution in [0.5, 0.6) is 5.75 Å². The first kappa shape index (κ1) is 15.7. The van der Waals surface area contributed by atoms with Gasteiger partial charge in [-0.3, -0.25) is 0 Å². The average Bonchev–Trinajstić information content (AvgIpc) is 3.18. The highest BCUT2D eigenvalue weighted by atomic mass is 19.1. The normalized spacial score (nSPS) is 17.1. The SMILES string of the molecule is CCC(N)Cc1cc(F)c(OCC2(CC#N)CC2)c(F)c1. The van der Waals surface area contributed by atoms with E-state index in [2.05, 4.69) is 6.07 Å². The number of halogens is 2. The molecular formula is C16H20F2N2O. The average molecular weight is 294 g/mol. The second-order valence-corrected chi connectivity index (χ2v) is 5.88. The van der Waals surface area contributed by atoms with Crippen molar-refractivity contribution in [2.24, 2.45) is 11.1 Å². The number of nitrogens with two attached hydrogens (primary N) is 1. The van der Waals surface area contributed by atoms with E-state index in [0.717, 1.165) is 19.3 Å². The maximum atomic E-state index is 14.0. The zero-order valence-corrected chi connectivity index (χ0v) is 12.2. The number of ether oxygens (including phenoxy) is 1. The molecule has 0 heterocycles. The van der Waals surface area contributed by atoms with E-state index < -0.39 is 11.6 Å². The summed E-state index contributed by atoms with van der Waals surface area (Å²) in [5.41, 5.74) is 6.11. The Labute approximate surface area is 123 Å². The van der Waals surface area contributed by atoms with E-state index in [1.54, 1.807) is 0 Å². The van der Waals surface area contributed by atoms with Crippen molar-refractivity contribution in [3.8, 4) is 11.8 Å². The number of benzene rings is 1. The minimum Gasteiger partial charge on any atom is -0.487 e. The standard InChI is InChI=1S/C16H20F2N2O/c1-2-12(20)7-11-8-13(17)15(14(18)9-11)21-10-16(3-4-16)5-6-19/h8-9,12H,2-5,7,10,20H2,1H3. The Bertz CT molecular complexity index is 527. The minimum atomic E-state index is -0.707. The van der Waals surface area contributed by atoms with Crippen LogP contribution in [0, 0.1) is 28.4 Å². The molecule has 1 aliphatic carbocycles. The van der Waals surface area contributed by atoms with Crippen LogP contribution in [-0.4, -0.2) is 12.6 Å². The first-order valence-electron chi connectivity index (χ1n) is 7.23. The summed E-state index contributed by atoms with van der Waals surface area (Å²) >= 11 is 0. The lowest BCUT2D eigenvalue weighted by Crippen LogP contribution is -2.21. The number of hydrogen-bond donors (Lipinski definition) is 1. The molecule has 21 heavy (non-hydrogen) atoms. The molecule has 1 unspecified atom stereocenters. The van der Waals surface area contributed by atoms with Gasteiger partial charge in [0, 0.05) is 17.9 Å². The molecule has 5 heteroatoms. The molecule has 1 aromatic carbocycles. The quantitative estimate of drug-likeness (QED) is 0.839. The van der Waals surface area contributed by atoms with Crippen molar-refractivity contribution in [2.45, 2.75) is 45.1 Å². The summed E-state index contributed by atoms with van der Waals surface area (Å²) in [6.07, 6.45) is 3.28. The van der Waals surface area contributed by atoms with Crippen LogP contribution >= 0.6 is 0 Å². The fraction of sp³-hybridized carbons (Fsp3) is 0.562. The molecule has 2 N–H and O–H groups in total. The van der Waals surface area contributed by atoms with Gasteiger partial charge in [-0.15, -0.1) is 0 Å². The topological polar surface area (TPSA) is 59.0 Å². The summed E-state index contributed by atoms with van der Waals surface area (Å²) < 4.78 is 33.3. The van der Waals surface area contributed by atoms with Gasteiger partial charge >= 0.3 is 0 Å². The Kier molecular flexibility index (Phi) is 4.79. The van der Waals surface area contributed by atoms with Gasteiger partial charge in [-0.2, -0.15) is 5.26 Å². The summed E-state index contributed by atoms with van der Waals surface area (Å²) in [6.45, 7) is 2.11. The van der Waals surface area contributed by atoms with E-state index in [9.17, 15) is 8.78 Å². The third-order valence-electron chi connectivity index (χ3n) is 4.01. The molecular weight excluding hydrogens is 274 g/mol. The van der Waals surface area contributed by atoms with Gasteiger partial charge in [0.1, 0.15) is 0 Å². The van der Waals surface area contributed by atoms with Gasteiger partial charge in [-0.25, -0.2) is 8.78 Å². The fourth-order valence-electron chi connectivity index (χ4n) is 2.26. The fourth-order valence-corrected chi connectivity index (χ4v) is 2.26. The molecule has 0 amide bonds. The lowest BCUT2D eigenvalue weighted by molar-refractivity contribution is 0.218. The number of hydrogen-bond acceptors (Lipinski definition) is 3. The molecule has 0 radical (unpaired) electrons. The van der Waals surface area contributed by atoms with Gasteiger partial charge in [0.15, 0.2) is 17.4 Å². The smallest absolute Gasteiger partial charge is 0.190 e. The van der Waals surface area contributed by atoms with E-state index in [-0.39, 0.29) is 23.8 Å². The van der Waals surface area contributed by atoms with Gasteiger partial charge in [-0.1, -0.05) is 6.92 Å². The molecule has 3 nitrogen and oxygen atoms in total. The van der Waals surface area contributed by atoms with E-state index in [4.69, 9.17) is 15.7 Å². The van der Waals surface area contributed by atoms with Crippen LogP contribution in [0.3, 0.4) is 0 Å². The second kappa shape index (κ2) is 6.40. The number of nitriles is 1. The van der Waals surface area contributed by atoms with Crippen molar-refractivity contribution in [3.05, 3.63) is 29.3 Å². The van der Waals surface area contributed by atoms with Crippen molar-refractivity contribution >= 4 is 0 Å². The van der Waals surface area contributed by atoms with Crippen LogP contribution < -0.4 is 10.5 Å². The van der Waals surface area contributed by atoms with Gasteiger partial charge in [0.05, 0.1) is 12.7 Å². The predicted octanol–water partition coefficient (Wildman–Crippen LogP) is 3.32. The van der Waals surface area contributed by atoms with Crippen LogP contribution in [0.2, 0.25) is 0 Å². The molecule has 1 saturated carbocycles. The third-order valence-corrected chi connectivity index (χ3v) is 4.01. The van der Waals surface area contributed by atoms with Crippen molar-refractivity contribution in [1.82, 2.24) is 0 Å². The molecule has 0 aliphatic heterocycles. The minimum absolute atomic E-state index is 0.110. The Morgan fingerprint density at radius 1 is 1.38 bits per heavy atom. The summed E-state index contributed by atoms with van der Waals surface area (Å²) in [7, 11) is 0. The highest BCUT2D eigenvalue weighted by molar-refractivity contribution is 5.32. The molecule has 0 spiro atoms. The zero-order chi connectivity index (χ0) is 15.5. The monoisotopic (exact) mass is 294 g/mol. The van der Waals surface area contributed by atoms with Gasteiger partial charge in [0.2, 0.25) is 0 Å². The van der Waals surface area contributed by atoms with E-state index in [1.807, 2.05) is 6.92 Å². The molecule has 1 atom stereocenters. The van der Waals surface area contributed by atoms with E-state index in [0.29, 0.717) is 18.4 Å². The van der Waals surface area contributed by atoms with Crippen molar-refractivity contribution in [2.75, 3.05) is 6.61 Å². The van der Waals surface area contributed by atoms with Crippen LogP contribution in [0.4, 0.5) is 8.78 Å². The molecule has 114 valence electrons. The Morgan fingerprint density at radius 2 is 2.00 bits per heavy atom. The van der Waals surface area contributed by atoms with Crippen LogP contribution in [0.15, 0.2) is 12.1 Å². The lowest BCUT2D eigenvalue weighted by atomic mass is 10.0. The van der Waals surface area contributed by atoms with Crippen molar-refractivity contribution < 1.29 is 13.5 Å². The zero-order valence-electron chi connectivity index (χ0n) is 12.2. The predicted molar refractivity (Wildman–Crippen MR) is 75.7 cm³/mol. The molecule has 0 saturated heterocycles. The maximum Gasteiger partial charge on any atom is 0.190 e. The number of nitrogens with zero attached hydrogens (tertiary/aromatic N) is 1. The van der Waals surface area contributed by atoms with Crippen LogP contribution in [0.1, 0.15) is 38.2 Å². The lowest BCUT2D eigenvalue weighted by Gasteiger charge is -2.15. The molecule has 0 bridgehead atoms. The first-order valence-corrected chi connectivity index (χ1v) is 7.23. The Morgan fingerprint density at radius 3 is 2.48 bits per heavy atom. The molecule has 2 rings (SSSR count). The largest absolute Gasteiger partial charge is 0.487 e. The highest BCUT2D eigenvalue weighted by Crippen LogP contribution is 2.48. The highest BCUT2D eigenvalue weighted by Gasteiger charge is 2.43.